The molecular weight excluding hydrogens is 679 g/mol. The van der Waals surface area contributed by atoms with Crippen LogP contribution in [0.1, 0.15) is 50.9 Å². The van der Waals surface area contributed by atoms with Crippen LogP contribution in [-0.4, -0.2) is 70.1 Å². The molecule has 2 amide bonds. The number of carbonyl (C=O) groups is 2. The van der Waals surface area contributed by atoms with Gasteiger partial charge in [-0.2, -0.15) is 0 Å². The second kappa shape index (κ2) is 15.7. The Labute approximate surface area is 301 Å². The van der Waals surface area contributed by atoms with E-state index in [2.05, 4.69) is 31.2 Å². The van der Waals surface area contributed by atoms with E-state index in [1.54, 1.807) is 26.6 Å². The van der Waals surface area contributed by atoms with E-state index in [9.17, 15) is 9.59 Å². The van der Waals surface area contributed by atoms with Crippen molar-refractivity contribution in [2.45, 2.75) is 76.8 Å². The number of ether oxygens (including phenoxy) is 2. The van der Waals surface area contributed by atoms with Gasteiger partial charge in [-0.25, -0.2) is 9.97 Å². The number of hydrogen-bond acceptors (Lipinski definition) is 10. The minimum atomic E-state index is 0.0585. The first-order chi connectivity index (χ1) is 24.2. The zero-order valence-corrected chi connectivity index (χ0v) is 29.9. The van der Waals surface area contributed by atoms with Crippen LogP contribution < -0.4 is 30.7 Å². The molecule has 4 atom stereocenters. The third-order valence-corrected chi connectivity index (χ3v) is 10.1. The molecule has 6 rings (SSSR count). The molecule has 2 aliphatic rings. The van der Waals surface area contributed by atoms with Gasteiger partial charge in [-0.3, -0.25) is 19.6 Å². The predicted molar refractivity (Wildman–Crippen MR) is 192 cm³/mol. The number of hydrogen-bond donors (Lipinski definition) is 4. The Morgan fingerprint density at radius 3 is 1.48 bits per heavy atom. The van der Waals surface area contributed by atoms with Gasteiger partial charge in [-0.1, -0.05) is 59.6 Å². The summed E-state index contributed by atoms with van der Waals surface area (Å²) in [6.07, 6.45) is 6.03. The lowest BCUT2D eigenvalue weighted by atomic mass is 9.98. The molecule has 0 bridgehead atoms. The third-order valence-electron chi connectivity index (χ3n) is 9.30. The first-order valence-electron chi connectivity index (χ1n) is 16.6. The molecule has 4 aromatic rings. The number of benzene rings is 2. The maximum Gasteiger partial charge on any atom is 0.237 e. The fourth-order valence-corrected chi connectivity index (χ4v) is 6.97. The van der Waals surface area contributed by atoms with Crippen molar-refractivity contribution in [3.05, 3.63) is 70.2 Å². The molecule has 2 aromatic heterocycles. The van der Waals surface area contributed by atoms with Crippen LogP contribution in [0.5, 0.6) is 11.8 Å². The molecule has 262 valence electrons. The summed E-state index contributed by atoms with van der Waals surface area (Å²) >= 11 is 14.1. The van der Waals surface area contributed by atoms with Crippen LogP contribution in [0.3, 0.4) is 0 Å². The van der Waals surface area contributed by atoms with Gasteiger partial charge in [0.2, 0.25) is 23.6 Å². The lowest BCUT2D eigenvalue weighted by Gasteiger charge is -2.21. The minimum Gasteiger partial charge on any atom is -0.480 e. The van der Waals surface area contributed by atoms with Crippen molar-refractivity contribution >= 4 is 35.0 Å². The van der Waals surface area contributed by atoms with E-state index in [1.807, 2.05) is 50.2 Å². The van der Waals surface area contributed by atoms with E-state index < -0.39 is 0 Å². The summed E-state index contributed by atoms with van der Waals surface area (Å²) in [5.74, 6) is 0.913. The summed E-state index contributed by atoms with van der Waals surface area (Å²) in [5, 5.41) is 13.8. The van der Waals surface area contributed by atoms with Crippen molar-refractivity contribution in [3.63, 3.8) is 0 Å². The Morgan fingerprint density at radius 1 is 0.720 bits per heavy atom. The first kappa shape index (κ1) is 35.5. The summed E-state index contributed by atoms with van der Waals surface area (Å²) in [5.41, 5.74) is 5.14. The van der Waals surface area contributed by atoms with Crippen LogP contribution >= 0.6 is 23.2 Å². The molecule has 12 nitrogen and oxygen atoms in total. The first-order valence-corrected chi connectivity index (χ1v) is 17.4. The number of aromatic nitrogens is 4. The zero-order chi connectivity index (χ0) is 35.4. The quantitative estimate of drug-likeness (QED) is 0.147. The molecule has 0 aliphatic carbocycles. The molecule has 0 saturated carbocycles. The van der Waals surface area contributed by atoms with Crippen molar-refractivity contribution < 1.29 is 19.1 Å². The summed E-state index contributed by atoms with van der Waals surface area (Å²) < 4.78 is 11.2. The lowest BCUT2D eigenvalue weighted by molar-refractivity contribution is -0.120. The Balaban J connectivity index is 1.21. The molecule has 2 aliphatic heterocycles. The van der Waals surface area contributed by atoms with Gasteiger partial charge in [0.15, 0.2) is 0 Å². The second-order valence-corrected chi connectivity index (χ2v) is 13.3. The number of amides is 2. The number of methoxy groups -OCH3 is 2. The molecule has 4 heterocycles. The average Bonchev–Trinajstić information content (AvgIpc) is 3.78. The Hall–Kier alpha value is -4.36. The van der Waals surface area contributed by atoms with Crippen molar-refractivity contribution in [2.24, 2.45) is 0 Å². The van der Waals surface area contributed by atoms with E-state index in [4.69, 9.17) is 42.6 Å². The summed E-state index contributed by atoms with van der Waals surface area (Å²) in [6.45, 7) is 4.91. The van der Waals surface area contributed by atoms with E-state index in [-0.39, 0.29) is 36.0 Å². The largest absolute Gasteiger partial charge is 0.480 e. The van der Waals surface area contributed by atoms with Crippen molar-refractivity contribution in [3.8, 4) is 45.4 Å². The third kappa shape index (κ3) is 7.68. The van der Waals surface area contributed by atoms with Gasteiger partial charge in [0.25, 0.3) is 0 Å². The lowest BCUT2D eigenvalue weighted by Crippen LogP contribution is -2.43. The number of halogens is 2. The van der Waals surface area contributed by atoms with Gasteiger partial charge in [-0.15, -0.1) is 0 Å². The van der Waals surface area contributed by atoms with Gasteiger partial charge in [0.1, 0.15) is 11.4 Å². The normalized spacial score (nSPS) is 18.4. The highest BCUT2D eigenvalue weighted by atomic mass is 35.5. The zero-order valence-electron chi connectivity index (χ0n) is 28.3. The minimum absolute atomic E-state index is 0.0585. The number of carbonyl (C=O) groups excluding carboxylic acids is 2. The second-order valence-electron chi connectivity index (χ2n) is 12.5. The van der Waals surface area contributed by atoms with Gasteiger partial charge >= 0.3 is 0 Å². The van der Waals surface area contributed by atoms with Gasteiger partial charge in [0, 0.05) is 72.4 Å². The molecule has 0 unspecified atom stereocenters. The van der Waals surface area contributed by atoms with Crippen LogP contribution in [0.4, 0.5) is 0 Å². The number of rotatable bonds is 13. The number of nitrogens with zero attached hydrogens (tertiary/aromatic N) is 4. The predicted octanol–water partition coefficient (Wildman–Crippen LogP) is 5.11. The maximum atomic E-state index is 11.6. The van der Waals surface area contributed by atoms with Gasteiger partial charge in [-0.05, 0) is 26.7 Å². The summed E-state index contributed by atoms with van der Waals surface area (Å²) in [6, 6.07) is 11.6. The highest BCUT2D eigenvalue weighted by Gasteiger charge is 2.27. The van der Waals surface area contributed by atoms with E-state index in [1.165, 1.54) is 0 Å². The molecule has 0 radical (unpaired) electrons. The maximum absolute atomic E-state index is 11.6. The highest BCUT2D eigenvalue weighted by Crippen LogP contribution is 2.42. The highest BCUT2D eigenvalue weighted by molar-refractivity contribution is 6.39. The molecule has 2 aromatic carbocycles. The van der Waals surface area contributed by atoms with Crippen LogP contribution in [0.15, 0.2) is 48.8 Å². The number of nitrogens with one attached hydrogen (secondary N) is 4. The van der Waals surface area contributed by atoms with E-state index in [0.29, 0.717) is 92.8 Å². The standard InChI is InChI=1S/C36H40Cl2N8O4/c1-19(25-11-13-31(47)43-25)39-17-29-35(49-3)45-27(15-41-29)23-9-5-7-21(33(23)37)22-8-6-10-24(34(22)38)28-16-42-30(36(46-28)50-4)18-40-20(2)26-12-14-32(48)44-26/h5-10,15-16,19-20,25-26,39-40H,11-14,17-18H2,1-4H3,(H,43,47)(H,44,48)/t19-,20-,25+,26+/m1/s1. The smallest absolute Gasteiger partial charge is 0.237 e. The Kier molecular flexibility index (Phi) is 11.1. The van der Waals surface area contributed by atoms with Gasteiger partial charge < -0.3 is 30.7 Å². The average molecular weight is 720 g/mol. The monoisotopic (exact) mass is 718 g/mol. The van der Waals surface area contributed by atoms with Gasteiger partial charge in [0.05, 0.1) is 48.0 Å². The Morgan fingerprint density at radius 2 is 1.12 bits per heavy atom. The fraction of sp³-hybridized carbons (Fsp3) is 0.389. The molecular formula is C36H40Cl2N8O4. The Bertz CT molecular complexity index is 1760. The topological polar surface area (TPSA) is 152 Å². The summed E-state index contributed by atoms with van der Waals surface area (Å²) in [7, 11) is 3.11. The SMILES string of the molecule is COc1nc(-c2cccc(-c3cccc(-c4cnc(CN[C@H](C)[C@@H]5CCC(=O)N5)c(OC)n4)c3Cl)c2Cl)cnc1CN[C@H](C)[C@@H]1CCC(=O)N1. The molecule has 2 saturated heterocycles. The van der Waals surface area contributed by atoms with E-state index >= 15 is 0 Å². The van der Waals surface area contributed by atoms with Crippen LogP contribution in [0.25, 0.3) is 33.6 Å². The van der Waals surface area contributed by atoms with Crippen molar-refractivity contribution in [1.29, 1.82) is 0 Å². The van der Waals surface area contributed by atoms with E-state index in [0.717, 1.165) is 12.8 Å². The summed E-state index contributed by atoms with van der Waals surface area (Å²) in [4.78, 5) is 42.1. The molecule has 14 heteroatoms. The van der Waals surface area contributed by atoms with Crippen LogP contribution in [0, 0.1) is 0 Å². The molecule has 50 heavy (non-hydrogen) atoms. The van der Waals surface area contributed by atoms with Crippen molar-refractivity contribution in [1.82, 2.24) is 41.2 Å². The fourth-order valence-electron chi connectivity index (χ4n) is 6.32. The van der Waals surface area contributed by atoms with Crippen LogP contribution in [0.2, 0.25) is 10.0 Å². The molecule has 2 fully saturated rings. The molecule has 4 N–H and O–H groups in total. The molecule has 0 spiro atoms. The van der Waals surface area contributed by atoms with Crippen LogP contribution in [-0.2, 0) is 22.7 Å². The van der Waals surface area contributed by atoms with Crippen molar-refractivity contribution in [2.75, 3.05) is 14.2 Å².